The van der Waals surface area contributed by atoms with Gasteiger partial charge in [0.25, 0.3) is 0 Å². The number of benzene rings is 1. The highest BCUT2D eigenvalue weighted by molar-refractivity contribution is 7.14. The number of nitrogens with zero attached hydrogens (tertiary/aromatic N) is 2. The third kappa shape index (κ3) is 5.89. The molecule has 1 amide bonds. The van der Waals surface area contributed by atoms with Gasteiger partial charge >= 0.3 is 5.97 Å². The van der Waals surface area contributed by atoms with Crippen LogP contribution in [-0.4, -0.2) is 34.0 Å². The van der Waals surface area contributed by atoms with Gasteiger partial charge in [0.15, 0.2) is 6.61 Å². The molecule has 0 aliphatic rings. The predicted octanol–water partition coefficient (Wildman–Crippen LogP) is 4.11. The number of nitrogens with one attached hydrogen (secondary N) is 1. The Kier molecular flexibility index (Phi) is 7.55. The van der Waals surface area contributed by atoms with Crippen molar-refractivity contribution in [2.45, 2.75) is 20.4 Å². The molecule has 3 aromatic rings. The number of hydrogen-bond donors (Lipinski definition) is 1. The summed E-state index contributed by atoms with van der Waals surface area (Å²) in [4.78, 5) is 36.5. The normalized spacial score (nSPS) is 11.0. The Hall–Kier alpha value is -3.30. The minimum Gasteiger partial charge on any atom is -0.454 e. The van der Waals surface area contributed by atoms with E-state index in [-0.39, 0.29) is 22.7 Å². The van der Waals surface area contributed by atoms with E-state index in [1.54, 1.807) is 19.1 Å². The third-order valence-electron chi connectivity index (χ3n) is 4.30. The molecule has 0 bridgehead atoms. The van der Waals surface area contributed by atoms with Crippen LogP contribution in [0.5, 0.6) is 0 Å². The molecule has 0 fully saturated rings. The van der Waals surface area contributed by atoms with E-state index < -0.39 is 12.6 Å². The fourth-order valence-corrected chi connectivity index (χ4v) is 3.90. The van der Waals surface area contributed by atoms with Gasteiger partial charge < -0.3 is 10.1 Å². The van der Waals surface area contributed by atoms with Crippen LogP contribution in [0.25, 0.3) is 11.8 Å². The summed E-state index contributed by atoms with van der Waals surface area (Å²) in [6.07, 6.45) is 2.61. The molecule has 7 nitrogen and oxygen atoms in total. The largest absolute Gasteiger partial charge is 0.454 e. The molecule has 32 heavy (non-hydrogen) atoms. The number of aryl methyl sites for hydroxylation is 1. The van der Waals surface area contributed by atoms with Gasteiger partial charge in [0, 0.05) is 23.4 Å². The lowest BCUT2D eigenvalue weighted by atomic mass is 10.2. The van der Waals surface area contributed by atoms with Crippen LogP contribution < -0.4 is 5.32 Å². The molecule has 10 heteroatoms. The molecule has 1 N–H and O–H groups in total. The molecule has 166 valence electrons. The van der Waals surface area contributed by atoms with E-state index in [0.29, 0.717) is 28.4 Å². The Balaban J connectivity index is 1.59. The van der Waals surface area contributed by atoms with Crippen molar-refractivity contribution in [2.75, 3.05) is 6.61 Å². The summed E-state index contributed by atoms with van der Waals surface area (Å²) in [7, 11) is 0. The molecule has 0 saturated heterocycles. The Labute approximate surface area is 192 Å². The van der Waals surface area contributed by atoms with Crippen molar-refractivity contribution in [1.29, 1.82) is 0 Å². The molecule has 3 rings (SSSR count). The van der Waals surface area contributed by atoms with Gasteiger partial charge in [-0.1, -0.05) is 11.6 Å². The van der Waals surface area contributed by atoms with Gasteiger partial charge in [0.05, 0.1) is 22.8 Å². The molecular weight excluding hydrogens is 457 g/mol. The first-order valence-electron chi connectivity index (χ1n) is 9.47. The maximum atomic E-state index is 13.1. The number of aromatic nitrogens is 2. The van der Waals surface area contributed by atoms with Crippen molar-refractivity contribution in [3.8, 4) is 5.69 Å². The molecular formula is C22H19ClFN3O4S. The summed E-state index contributed by atoms with van der Waals surface area (Å²) in [5, 5.41) is 7.21. The molecule has 2 heterocycles. The van der Waals surface area contributed by atoms with Crippen LogP contribution >= 0.6 is 22.9 Å². The number of Topliss-reactive ketones (excluding diaryl/α,β-unsaturated/α-hetero) is 1. The Morgan fingerprint density at radius 2 is 1.94 bits per heavy atom. The summed E-state index contributed by atoms with van der Waals surface area (Å²) >= 11 is 7.59. The second-order valence-electron chi connectivity index (χ2n) is 6.72. The first kappa shape index (κ1) is 23.4. The number of halogens is 2. The van der Waals surface area contributed by atoms with Gasteiger partial charge in [0.2, 0.25) is 11.7 Å². The predicted molar refractivity (Wildman–Crippen MR) is 119 cm³/mol. The van der Waals surface area contributed by atoms with Crippen molar-refractivity contribution in [3.05, 3.63) is 74.5 Å². The quantitative estimate of drug-likeness (QED) is 0.301. The lowest BCUT2D eigenvalue weighted by molar-refractivity contribution is -0.136. The molecule has 0 saturated carbocycles. The van der Waals surface area contributed by atoms with Crippen LogP contribution in [0.2, 0.25) is 5.15 Å². The van der Waals surface area contributed by atoms with Crippen LogP contribution in [0.4, 0.5) is 4.39 Å². The van der Waals surface area contributed by atoms with Crippen LogP contribution in [0.1, 0.15) is 32.7 Å². The van der Waals surface area contributed by atoms with Gasteiger partial charge in [-0.25, -0.2) is 13.9 Å². The number of carbonyl (C=O) groups excluding carboxylic acids is 3. The van der Waals surface area contributed by atoms with E-state index in [2.05, 4.69) is 10.4 Å². The maximum absolute atomic E-state index is 13.1. The SMILES string of the molecule is CC(=O)NCc1ccc(C(=O)COC(=O)/C=C/c2c(C)nn(-c3ccc(F)cc3)c2Cl)s1. The Morgan fingerprint density at radius 1 is 1.22 bits per heavy atom. The molecule has 0 atom stereocenters. The van der Waals surface area contributed by atoms with Gasteiger partial charge in [-0.2, -0.15) is 5.10 Å². The summed E-state index contributed by atoms with van der Waals surface area (Å²) in [6.45, 7) is 3.05. The second-order valence-corrected chi connectivity index (χ2v) is 8.24. The van der Waals surface area contributed by atoms with Crippen LogP contribution in [-0.2, 0) is 20.9 Å². The Morgan fingerprint density at radius 3 is 2.62 bits per heavy atom. The zero-order valence-electron chi connectivity index (χ0n) is 17.2. The highest BCUT2D eigenvalue weighted by atomic mass is 35.5. The molecule has 0 radical (unpaired) electrons. The molecule has 0 unspecified atom stereocenters. The molecule has 2 aromatic heterocycles. The fraction of sp³-hybridized carbons (Fsp3) is 0.182. The molecule has 0 aliphatic carbocycles. The topological polar surface area (TPSA) is 90.3 Å². The van der Waals surface area contributed by atoms with Crippen molar-refractivity contribution < 1.29 is 23.5 Å². The monoisotopic (exact) mass is 475 g/mol. The fourth-order valence-electron chi connectivity index (χ4n) is 2.70. The molecule has 1 aromatic carbocycles. The lowest BCUT2D eigenvalue weighted by Crippen LogP contribution is -2.18. The number of carbonyl (C=O) groups is 3. The van der Waals surface area contributed by atoms with E-state index >= 15 is 0 Å². The van der Waals surface area contributed by atoms with Crippen LogP contribution in [0.15, 0.2) is 42.5 Å². The summed E-state index contributed by atoms with van der Waals surface area (Å²) in [6, 6.07) is 9.02. The number of thiophene rings is 1. The van der Waals surface area contributed by atoms with Crippen LogP contribution in [0.3, 0.4) is 0 Å². The van der Waals surface area contributed by atoms with Gasteiger partial charge in [0.1, 0.15) is 11.0 Å². The van der Waals surface area contributed by atoms with E-state index in [1.165, 1.54) is 53.3 Å². The summed E-state index contributed by atoms with van der Waals surface area (Å²) in [5.41, 5.74) is 1.63. The van der Waals surface area contributed by atoms with Crippen molar-refractivity contribution >= 4 is 46.7 Å². The minimum absolute atomic E-state index is 0.162. The van der Waals surface area contributed by atoms with Gasteiger partial charge in [-0.3, -0.25) is 9.59 Å². The Bertz CT molecular complexity index is 1180. The molecule has 0 spiro atoms. The zero-order valence-corrected chi connectivity index (χ0v) is 18.8. The number of hydrogen-bond acceptors (Lipinski definition) is 6. The van der Waals surface area contributed by atoms with Gasteiger partial charge in [-0.15, -0.1) is 11.3 Å². The number of esters is 1. The molecule has 0 aliphatic heterocycles. The van der Waals surface area contributed by atoms with E-state index in [0.717, 1.165) is 11.0 Å². The van der Waals surface area contributed by atoms with Gasteiger partial charge in [-0.05, 0) is 49.4 Å². The van der Waals surface area contributed by atoms with Crippen molar-refractivity contribution in [1.82, 2.24) is 15.1 Å². The zero-order chi connectivity index (χ0) is 23.3. The number of amides is 1. The summed E-state index contributed by atoms with van der Waals surface area (Å²) < 4.78 is 19.6. The maximum Gasteiger partial charge on any atom is 0.331 e. The summed E-state index contributed by atoms with van der Waals surface area (Å²) in [5.74, 6) is -1.59. The number of ether oxygens (including phenoxy) is 1. The third-order valence-corrected chi connectivity index (χ3v) is 5.79. The van der Waals surface area contributed by atoms with Crippen LogP contribution in [0, 0.1) is 12.7 Å². The highest BCUT2D eigenvalue weighted by Crippen LogP contribution is 2.25. The van der Waals surface area contributed by atoms with Crippen molar-refractivity contribution in [2.24, 2.45) is 0 Å². The van der Waals surface area contributed by atoms with Crippen molar-refractivity contribution in [3.63, 3.8) is 0 Å². The lowest BCUT2D eigenvalue weighted by Gasteiger charge is -2.02. The number of rotatable bonds is 8. The first-order chi connectivity index (χ1) is 15.2. The van der Waals surface area contributed by atoms with E-state index in [1.807, 2.05) is 0 Å². The second kappa shape index (κ2) is 10.3. The smallest absolute Gasteiger partial charge is 0.331 e. The standard InChI is InChI=1S/C22H19ClFN3O4S/c1-13-18(22(23)27(26-13)16-5-3-15(24)4-6-16)8-10-21(30)31-12-19(29)20-9-7-17(32-20)11-25-14(2)28/h3-10H,11-12H2,1-2H3,(H,25,28)/b10-8+. The average molecular weight is 476 g/mol. The van der Waals surface area contributed by atoms with E-state index in [9.17, 15) is 18.8 Å². The first-order valence-corrected chi connectivity index (χ1v) is 10.7. The average Bonchev–Trinajstić information content (AvgIpc) is 3.34. The minimum atomic E-state index is -0.710. The van der Waals surface area contributed by atoms with E-state index in [4.69, 9.17) is 16.3 Å². The number of ketones is 1. The highest BCUT2D eigenvalue weighted by Gasteiger charge is 2.14.